The predicted octanol–water partition coefficient (Wildman–Crippen LogP) is 3.04. The minimum absolute atomic E-state index is 0.186. The SMILES string of the molecule is OC1(c2cccc(C(F)(F)F)c2)CNCc2ccccc21. The lowest BCUT2D eigenvalue weighted by Crippen LogP contribution is -2.44. The van der Waals surface area contributed by atoms with E-state index in [2.05, 4.69) is 5.32 Å². The summed E-state index contributed by atoms with van der Waals surface area (Å²) in [5, 5.41) is 14.0. The number of hydrogen-bond acceptors (Lipinski definition) is 2. The number of fused-ring (bicyclic) bond motifs is 1. The van der Waals surface area contributed by atoms with Crippen LogP contribution in [0.2, 0.25) is 0 Å². The maximum absolute atomic E-state index is 12.9. The van der Waals surface area contributed by atoms with Gasteiger partial charge in [-0.25, -0.2) is 0 Å². The summed E-state index contributed by atoms with van der Waals surface area (Å²) in [4.78, 5) is 0. The molecule has 1 aliphatic heterocycles. The second kappa shape index (κ2) is 4.86. The molecule has 0 amide bonds. The largest absolute Gasteiger partial charge is 0.416 e. The predicted molar refractivity (Wildman–Crippen MR) is 72.6 cm³/mol. The van der Waals surface area contributed by atoms with Crippen molar-refractivity contribution in [3.63, 3.8) is 0 Å². The van der Waals surface area contributed by atoms with Crippen molar-refractivity contribution in [3.05, 3.63) is 70.8 Å². The van der Waals surface area contributed by atoms with Crippen LogP contribution >= 0.6 is 0 Å². The summed E-state index contributed by atoms with van der Waals surface area (Å²) in [7, 11) is 0. The van der Waals surface area contributed by atoms with Crippen LogP contribution in [0.25, 0.3) is 0 Å². The average molecular weight is 293 g/mol. The third-order valence-electron chi connectivity index (χ3n) is 3.83. The second-order valence-corrected chi connectivity index (χ2v) is 5.20. The van der Waals surface area contributed by atoms with Gasteiger partial charge in [0, 0.05) is 13.1 Å². The summed E-state index contributed by atoms with van der Waals surface area (Å²) in [5.74, 6) is 0. The zero-order valence-corrected chi connectivity index (χ0v) is 11.1. The summed E-state index contributed by atoms with van der Waals surface area (Å²) in [6.45, 7) is 0.781. The molecule has 110 valence electrons. The highest BCUT2D eigenvalue weighted by atomic mass is 19.4. The lowest BCUT2D eigenvalue weighted by molar-refractivity contribution is -0.137. The molecule has 0 aliphatic carbocycles. The van der Waals surface area contributed by atoms with E-state index < -0.39 is 17.3 Å². The Balaban J connectivity index is 2.12. The Kier molecular flexibility index (Phi) is 3.26. The Labute approximate surface area is 120 Å². The maximum Gasteiger partial charge on any atom is 0.416 e. The highest BCUT2D eigenvalue weighted by molar-refractivity contribution is 5.44. The Morgan fingerprint density at radius 2 is 1.81 bits per heavy atom. The van der Waals surface area contributed by atoms with Crippen LogP contribution in [0.5, 0.6) is 0 Å². The Hall–Kier alpha value is -1.85. The number of nitrogens with one attached hydrogen (secondary N) is 1. The third-order valence-corrected chi connectivity index (χ3v) is 3.83. The topological polar surface area (TPSA) is 32.3 Å². The molecule has 1 heterocycles. The van der Waals surface area contributed by atoms with E-state index in [0.717, 1.165) is 17.7 Å². The van der Waals surface area contributed by atoms with Gasteiger partial charge in [0.2, 0.25) is 0 Å². The first kappa shape index (κ1) is 14.1. The van der Waals surface area contributed by atoms with Crippen LogP contribution in [0, 0.1) is 0 Å². The van der Waals surface area contributed by atoms with Crippen molar-refractivity contribution in [2.75, 3.05) is 6.54 Å². The first-order chi connectivity index (χ1) is 9.91. The summed E-state index contributed by atoms with van der Waals surface area (Å²) in [6, 6.07) is 12.1. The van der Waals surface area contributed by atoms with Crippen molar-refractivity contribution in [1.82, 2.24) is 5.32 Å². The quantitative estimate of drug-likeness (QED) is 0.847. The van der Waals surface area contributed by atoms with Crippen molar-refractivity contribution in [2.24, 2.45) is 0 Å². The number of halogens is 3. The van der Waals surface area contributed by atoms with Gasteiger partial charge in [0.05, 0.1) is 5.56 Å². The van der Waals surface area contributed by atoms with E-state index in [1.807, 2.05) is 12.1 Å². The van der Waals surface area contributed by atoms with Gasteiger partial charge in [-0.1, -0.05) is 36.4 Å². The van der Waals surface area contributed by atoms with Gasteiger partial charge in [0.25, 0.3) is 0 Å². The molecule has 0 aromatic heterocycles. The molecule has 2 aromatic carbocycles. The van der Waals surface area contributed by atoms with Crippen LogP contribution in [0.3, 0.4) is 0 Å². The molecule has 0 bridgehead atoms. The zero-order chi connectivity index (χ0) is 15.1. The fourth-order valence-electron chi connectivity index (χ4n) is 2.76. The van der Waals surface area contributed by atoms with E-state index in [1.165, 1.54) is 12.1 Å². The van der Waals surface area contributed by atoms with Gasteiger partial charge in [-0.2, -0.15) is 13.2 Å². The Morgan fingerprint density at radius 1 is 1.05 bits per heavy atom. The monoisotopic (exact) mass is 293 g/mol. The second-order valence-electron chi connectivity index (χ2n) is 5.20. The summed E-state index contributed by atoms with van der Waals surface area (Å²) in [6.07, 6.45) is -4.42. The van der Waals surface area contributed by atoms with E-state index in [-0.39, 0.29) is 12.1 Å². The first-order valence-electron chi connectivity index (χ1n) is 6.60. The maximum atomic E-state index is 12.9. The fraction of sp³-hybridized carbons (Fsp3) is 0.250. The molecule has 2 N–H and O–H groups in total. The molecule has 0 saturated carbocycles. The van der Waals surface area contributed by atoms with Crippen molar-refractivity contribution >= 4 is 0 Å². The van der Waals surface area contributed by atoms with Gasteiger partial charge < -0.3 is 10.4 Å². The summed E-state index contributed by atoms with van der Waals surface area (Å²) in [5.41, 5.74) is -0.406. The molecule has 0 fully saturated rings. The molecule has 0 radical (unpaired) electrons. The van der Waals surface area contributed by atoms with Gasteiger partial charge >= 0.3 is 6.18 Å². The molecule has 2 aromatic rings. The van der Waals surface area contributed by atoms with E-state index in [1.54, 1.807) is 12.1 Å². The molecule has 1 unspecified atom stereocenters. The number of benzene rings is 2. The minimum atomic E-state index is -4.42. The van der Waals surface area contributed by atoms with Gasteiger partial charge in [-0.05, 0) is 28.8 Å². The minimum Gasteiger partial charge on any atom is -0.379 e. The van der Waals surface area contributed by atoms with Crippen LogP contribution in [-0.2, 0) is 18.3 Å². The number of aliphatic hydroxyl groups is 1. The van der Waals surface area contributed by atoms with Gasteiger partial charge in [0.15, 0.2) is 0 Å². The number of rotatable bonds is 1. The third kappa shape index (κ3) is 2.43. The molecule has 1 aliphatic rings. The fourth-order valence-corrected chi connectivity index (χ4v) is 2.76. The molecule has 2 nitrogen and oxygen atoms in total. The lowest BCUT2D eigenvalue weighted by Gasteiger charge is -2.35. The molecule has 1 atom stereocenters. The molecule has 3 rings (SSSR count). The standard InChI is InChI=1S/C16H14F3NO/c17-16(18,19)13-6-3-5-12(8-13)15(21)10-20-9-11-4-1-2-7-14(11)15/h1-8,20-21H,9-10H2. The first-order valence-corrected chi connectivity index (χ1v) is 6.60. The molecule has 5 heteroatoms. The van der Waals surface area contributed by atoms with Crippen LogP contribution in [-0.4, -0.2) is 11.7 Å². The van der Waals surface area contributed by atoms with Gasteiger partial charge in [0.1, 0.15) is 5.60 Å². The molecule has 21 heavy (non-hydrogen) atoms. The van der Waals surface area contributed by atoms with Crippen LogP contribution < -0.4 is 5.32 Å². The van der Waals surface area contributed by atoms with Crippen molar-refractivity contribution < 1.29 is 18.3 Å². The van der Waals surface area contributed by atoms with Crippen LogP contribution in [0.4, 0.5) is 13.2 Å². The lowest BCUT2D eigenvalue weighted by atomic mass is 9.81. The molecular formula is C16H14F3NO. The van der Waals surface area contributed by atoms with Gasteiger partial charge in [-0.3, -0.25) is 0 Å². The van der Waals surface area contributed by atoms with E-state index in [4.69, 9.17) is 0 Å². The Morgan fingerprint density at radius 3 is 2.57 bits per heavy atom. The number of β-amino-alcohol motifs (C(OH)–C–C–N with tert-alkyl or cyclic N) is 1. The van der Waals surface area contributed by atoms with Crippen molar-refractivity contribution in [1.29, 1.82) is 0 Å². The van der Waals surface area contributed by atoms with E-state index >= 15 is 0 Å². The molecule has 0 spiro atoms. The summed E-state index contributed by atoms with van der Waals surface area (Å²) >= 11 is 0. The van der Waals surface area contributed by atoms with Crippen LogP contribution in [0.15, 0.2) is 48.5 Å². The average Bonchev–Trinajstić information content (AvgIpc) is 2.47. The van der Waals surface area contributed by atoms with E-state index in [0.29, 0.717) is 12.1 Å². The van der Waals surface area contributed by atoms with Crippen molar-refractivity contribution in [2.45, 2.75) is 18.3 Å². The van der Waals surface area contributed by atoms with Crippen molar-refractivity contribution in [3.8, 4) is 0 Å². The normalized spacial score (nSPS) is 21.9. The number of hydrogen-bond donors (Lipinski definition) is 2. The molecule has 0 saturated heterocycles. The smallest absolute Gasteiger partial charge is 0.379 e. The highest BCUT2D eigenvalue weighted by Crippen LogP contribution is 2.37. The Bertz CT molecular complexity index is 669. The number of alkyl halides is 3. The van der Waals surface area contributed by atoms with Crippen LogP contribution in [0.1, 0.15) is 22.3 Å². The van der Waals surface area contributed by atoms with E-state index in [9.17, 15) is 18.3 Å². The highest BCUT2D eigenvalue weighted by Gasteiger charge is 2.38. The summed E-state index contributed by atoms with van der Waals surface area (Å²) < 4.78 is 38.6. The van der Waals surface area contributed by atoms with Gasteiger partial charge in [-0.15, -0.1) is 0 Å². The zero-order valence-electron chi connectivity index (χ0n) is 11.1. The molecular weight excluding hydrogens is 279 g/mol.